The van der Waals surface area contributed by atoms with E-state index in [2.05, 4.69) is 60.5 Å². The maximum Gasteiger partial charge on any atom is 0.127 e. The van der Waals surface area contributed by atoms with Crippen molar-refractivity contribution in [1.29, 1.82) is 0 Å². The monoisotopic (exact) mass is 272 g/mol. The maximum atomic E-state index is 4.61. The predicted molar refractivity (Wildman–Crippen MR) is 83.8 cm³/mol. The van der Waals surface area contributed by atoms with Crippen LogP contribution in [0.1, 0.15) is 24.5 Å². The van der Waals surface area contributed by atoms with E-state index in [1.807, 2.05) is 6.07 Å². The molecule has 1 heterocycles. The SMILES string of the molecule is CCCNc1cccc(SCc2ccccc2C)n1. The van der Waals surface area contributed by atoms with Crippen molar-refractivity contribution in [2.45, 2.75) is 31.0 Å². The molecule has 2 aromatic rings. The highest BCUT2D eigenvalue weighted by atomic mass is 32.2. The van der Waals surface area contributed by atoms with Crippen LogP contribution in [0.3, 0.4) is 0 Å². The molecule has 0 aliphatic heterocycles. The number of aromatic nitrogens is 1. The van der Waals surface area contributed by atoms with E-state index in [1.54, 1.807) is 11.8 Å². The quantitative estimate of drug-likeness (QED) is 0.783. The first kappa shape index (κ1) is 13.9. The molecule has 1 aromatic heterocycles. The largest absolute Gasteiger partial charge is 0.370 e. The molecule has 2 nitrogen and oxygen atoms in total. The van der Waals surface area contributed by atoms with Gasteiger partial charge in [0.05, 0.1) is 5.03 Å². The van der Waals surface area contributed by atoms with Crippen molar-refractivity contribution in [3.05, 3.63) is 53.6 Å². The third-order valence-corrected chi connectivity index (χ3v) is 3.89. The number of nitrogens with one attached hydrogen (secondary N) is 1. The highest BCUT2D eigenvalue weighted by Gasteiger charge is 2.01. The number of hydrogen-bond donors (Lipinski definition) is 1. The van der Waals surface area contributed by atoms with Crippen molar-refractivity contribution < 1.29 is 0 Å². The van der Waals surface area contributed by atoms with Crippen LogP contribution in [0.2, 0.25) is 0 Å². The van der Waals surface area contributed by atoms with Gasteiger partial charge < -0.3 is 5.32 Å². The molecule has 0 radical (unpaired) electrons. The van der Waals surface area contributed by atoms with Crippen molar-refractivity contribution in [1.82, 2.24) is 4.98 Å². The molecule has 0 aliphatic rings. The lowest BCUT2D eigenvalue weighted by Gasteiger charge is -2.07. The van der Waals surface area contributed by atoms with Gasteiger partial charge in [0.2, 0.25) is 0 Å². The second-order valence-electron chi connectivity index (χ2n) is 4.50. The van der Waals surface area contributed by atoms with E-state index in [0.717, 1.165) is 29.6 Å². The molecule has 0 saturated carbocycles. The van der Waals surface area contributed by atoms with Gasteiger partial charge in [0.15, 0.2) is 0 Å². The van der Waals surface area contributed by atoms with Crippen LogP contribution in [0.25, 0.3) is 0 Å². The third-order valence-electron chi connectivity index (χ3n) is 2.92. The fourth-order valence-corrected chi connectivity index (χ4v) is 2.74. The fourth-order valence-electron chi connectivity index (χ4n) is 1.77. The van der Waals surface area contributed by atoms with E-state index in [-0.39, 0.29) is 0 Å². The van der Waals surface area contributed by atoms with Crippen molar-refractivity contribution in [3.8, 4) is 0 Å². The zero-order valence-electron chi connectivity index (χ0n) is 11.5. The molecular weight excluding hydrogens is 252 g/mol. The van der Waals surface area contributed by atoms with Crippen LogP contribution in [-0.4, -0.2) is 11.5 Å². The molecule has 0 fully saturated rings. The number of benzene rings is 1. The van der Waals surface area contributed by atoms with Gasteiger partial charge in [-0.05, 0) is 36.6 Å². The number of nitrogens with zero attached hydrogens (tertiary/aromatic N) is 1. The van der Waals surface area contributed by atoms with Gasteiger partial charge in [-0.3, -0.25) is 0 Å². The minimum absolute atomic E-state index is 0.969. The van der Waals surface area contributed by atoms with E-state index >= 15 is 0 Å². The zero-order valence-corrected chi connectivity index (χ0v) is 12.3. The molecule has 0 saturated heterocycles. The number of pyridine rings is 1. The highest BCUT2D eigenvalue weighted by Crippen LogP contribution is 2.23. The zero-order chi connectivity index (χ0) is 13.5. The van der Waals surface area contributed by atoms with Crippen molar-refractivity contribution >= 4 is 17.6 Å². The second-order valence-corrected chi connectivity index (χ2v) is 5.50. The summed E-state index contributed by atoms with van der Waals surface area (Å²) in [5.41, 5.74) is 2.72. The molecule has 2 rings (SSSR count). The Morgan fingerprint density at radius 2 is 1.95 bits per heavy atom. The van der Waals surface area contributed by atoms with E-state index in [0.29, 0.717) is 0 Å². The van der Waals surface area contributed by atoms with Crippen LogP contribution in [0.15, 0.2) is 47.5 Å². The molecule has 0 spiro atoms. The maximum absolute atomic E-state index is 4.61. The summed E-state index contributed by atoms with van der Waals surface area (Å²) < 4.78 is 0. The van der Waals surface area contributed by atoms with Gasteiger partial charge in [0.25, 0.3) is 0 Å². The van der Waals surface area contributed by atoms with Crippen molar-refractivity contribution in [2.24, 2.45) is 0 Å². The average molecular weight is 272 g/mol. The summed E-state index contributed by atoms with van der Waals surface area (Å²) in [6.07, 6.45) is 1.11. The first-order valence-electron chi connectivity index (χ1n) is 6.68. The Balaban J connectivity index is 1.98. The van der Waals surface area contributed by atoms with Crippen LogP contribution in [0, 0.1) is 6.92 Å². The van der Waals surface area contributed by atoms with Gasteiger partial charge in [0.1, 0.15) is 5.82 Å². The molecule has 100 valence electrons. The molecule has 0 aliphatic carbocycles. The number of thioether (sulfide) groups is 1. The fraction of sp³-hybridized carbons (Fsp3) is 0.312. The number of hydrogen-bond acceptors (Lipinski definition) is 3. The molecule has 0 atom stereocenters. The van der Waals surface area contributed by atoms with Crippen LogP contribution in [-0.2, 0) is 5.75 Å². The van der Waals surface area contributed by atoms with Gasteiger partial charge in [-0.25, -0.2) is 4.98 Å². The Hall–Kier alpha value is -1.48. The van der Waals surface area contributed by atoms with Gasteiger partial charge >= 0.3 is 0 Å². The van der Waals surface area contributed by atoms with E-state index < -0.39 is 0 Å². The Labute approximate surface area is 119 Å². The third kappa shape index (κ3) is 4.28. The predicted octanol–water partition coefficient (Wildman–Crippen LogP) is 4.50. The van der Waals surface area contributed by atoms with Crippen molar-refractivity contribution in [3.63, 3.8) is 0 Å². The molecule has 19 heavy (non-hydrogen) atoms. The first-order valence-corrected chi connectivity index (χ1v) is 7.66. The van der Waals surface area contributed by atoms with E-state index in [9.17, 15) is 0 Å². The second kappa shape index (κ2) is 7.19. The minimum Gasteiger partial charge on any atom is -0.370 e. The van der Waals surface area contributed by atoms with Gasteiger partial charge in [-0.15, -0.1) is 11.8 Å². The van der Waals surface area contributed by atoms with Gasteiger partial charge in [0, 0.05) is 12.3 Å². The lowest BCUT2D eigenvalue weighted by Crippen LogP contribution is -2.01. The summed E-state index contributed by atoms with van der Waals surface area (Å²) in [6, 6.07) is 14.7. The molecule has 0 bridgehead atoms. The van der Waals surface area contributed by atoms with E-state index in [1.165, 1.54) is 11.1 Å². The van der Waals surface area contributed by atoms with Crippen LogP contribution < -0.4 is 5.32 Å². The number of anilines is 1. The Morgan fingerprint density at radius 3 is 2.74 bits per heavy atom. The molecule has 1 aromatic carbocycles. The summed E-state index contributed by atoms with van der Waals surface area (Å²) in [4.78, 5) is 4.61. The molecule has 1 N–H and O–H groups in total. The topological polar surface area (TPSA) is 24.9 Å². The Morgan fingerprint density at radius 1 is 1.11 bits per heavy atom. The first-order chi connectivity index (χ1) is 9.29. The molecular formula is C16H20N2S. The number of rotatable bonds is 6. The lowest BCUT2D eigenvalue weighted by molar-refractivity contribution is 0.959. The van der Waals surface area contributed by atoms with Gasteiger partial charge in [-0.2, -0.15) is 0 Å². The summed E-state index contributed by atoms with van der Waals surface area (Å²) in [5, 5.41) is 4.39. The Kier molecular flexibility index (Phi) is 5.28. The van der Waals surface area contributed by atoms with Crippen LogP contribution >= 0.6 is 11.8 Å². The smallest absolute Gasteiger partial charge is 0.127 e. The number of aryl methyl sites for hydroxylation is 1. The summed E-state index contributed by atoms with van der Waals surface area (Å²) in [7, 11) is 0. The normalized spacial score (nSPS) is 10.4. The standard InChI is InChI=1S/C16H20N2S/c1-3-11-17-15-9-6-10-16(18-15)19-12-14-8-5-4-7-13(14)2/h4-10H,3,11-12H2,1-2H3,(H,17,18). The van der Waals surface area contributed by atoms with Crippen LogP contribution in [0.4, 0.5) is 5.82 Å². The molecule has 0 amide bonds. The molecule has 0 unspecified atom stereocenters. The van der Waals surface area contributed by atoms with Crippen molar-refractivity contribution in [2.75, 3.05) is 11.9 Å². The van der Waals surface area contributed by atoms with Crippen LogP contribution in [0.5, 0.6) is 0 Å². The highest BCUT2D eigenvalue weighted by molar-refractivity contribution is 7.98. The Bertz CT molecular complexity index is 526. The van der Waals surface area contributed by atoms with Gasteiger partial charge in [-0.1, -0.05) is 37.3 Å². The average Bonchev–Trinajstić information content (AvgIpc) is 2.45. The molecule has 3 heteroatoms. The summed E-state index contributed by atoms with van der Waals surface area (Å²) >= 11 is 1.78. The van der Waals surface area contributed by atoms with E-state index in [4.69, 9.17) is 0 Å². The minimum atomic E-state index is 0.969. The lowest BCUT2D eigenvalue weighted by atomic mass is 10.1. The summed E-state index contributed by atoms with van der Waals surface area (Å²) in [5.74, 6) is 1.94. The summed E-state index contributed by atoms with van der Waals surface area (Å²) in [6.45, 7) is 5.28.